The molecule has 208 valence electrons. The van der Waals surface area contributed by atoms with E-state index in [1.54, 1.807) is 31.2 Å². The summed E-state index contributed by atoms with van der Waals surface area (Å²) in [4.78, 5) is 36.2. The van der Waals surface area contributed by atoms with E-state index in [2.05, 4.69) is 15.1 Å². The van der Waals surface area contributed by atoms with Gasteiger partial charge in [0.2, 0.25) is 0 Å². The van der Waals surface area contributed by atoms with Gasteiger partial charge < -0.3 is 4.74 Å². The van der Waals surface area contributed by atoms with Crippen molar-refractivity contribution in [3.05, 3.63) is 117 Å². The molecule has 1 aliphatic rings. The summed E-state index contributed by atoms with van der Waals surface area (Å²) < 4.78 is 7.65. The Bertz CT molecular complexity index is 1800. The average molecular weight is 588 g/mol. The van der Waals surface area contributed by atoms with Crippen LogP contribution in [-0.4, -0.2) is 31.0 Å². The minimum absolute atomic E-state index is 0.0801. The molecule has 0 saturated heterocycles. The number of aromatic amines is 1. The third-order valence-corrected chi connectivity index (χ3v) is 8.37. The summed E-state index contributed by atoms with van der Waals surface area (Å²) in [5, 5.41) is 4.23. The fourth-order valence-corrected chi connectivity index (χ4v) is 5.90. The number of benzene rings is 3. The monoisotopic (exact) mass is 586 g/mol. The summed E-state index contributed by atoms with van der Waals surface area (Å²) in [5.74, 6) is 1.12. The van der Waals surface area contributed by atoms with Gasteiger partial charge in [0.05, 0.1) is 5.69 Å². The maximum Gasteiger partial charge on any atom is 0.274 e. The second kappa shape index (κ2) is 10.8. The summed E-state index contributed by atoms with van der Waals surface area (Å²) in [6.07, 6.45) is 2.97. The number of rotatable bonds is 10. The van der Waals surface area contributed by atoms with Crippen molar-refractivity contribution in [3.63, 3.8) is 0 Å². The average Bonchev–Trinajstić information content (AvgIpc) is 3.61. The Morgan fingerprint density at radius 2 is 1.76 bits per heavy atom. The molecule has 0 aliphatic heterocycles. The fraction of sp³-hybridized carbons (Fsp3) is 0.250. The van der Waals surface area contributed by atoms with Crippen LogP contribution in [0.5, 0.6) is 5.75 Å². The molecule has 6 rings (SSSR count). The minimum atomic E-state index is -1.31. The topological polar surface area (TPSA) is 89.3 Å². The second-order valence-electron chi connectivity index (χ2n) is 10.8. The van der Waals surface area contributed by atoms with E-state index in [0.29, 0.717) is 28.7 Å². The van der Waals surface area contributed by atoms with Crippen molar-refractivity contribution in [1.29, 1.82) is 0 Å². The Morgan fingerprint density at radius 1 is 1.00 bits per heavy atom. The third kappa shape index (κ3) is 5.65. The Morgan fingerprint density at radius 3 is 2.49 bits per heavy atom. The van der Waals surface area contributed by atoms with Gasteiger partial charge in [0.25, 0.3) is 11.3 Å². The smallest absolute Gasteiger partial charge is 0.274 e. The van der Waals surface area contributed by atoms with E-state index in [-0.39, 0.29) is 35.4 Å². The molecule has 1 aliphatic carbocycles. The van der Waals surface area contributed by atoms with Gasteiger partial charge >= 0.3 is 0 Å². The van der Waals surface area contributed by atoms with Crippen LogP contribution in [-0.2, 0) is 16.6 Å². The van der Waals surface area contributed by atoms with Crippen LogP contribution in [0, 0.1) is 0 Å². The van der Waals surface area contributed by atoms with Crippen molar-refractivity contribution in [2.45, 2.75) is 50.0 Å². The Balaban J connectivity index is 1.30. The van der Waals surface area contributed by atoms with Gasteiger partial charge in [-0.15, -0.1) is 0 Å². The lowest BCUT2D eigenvalue weighted by Crippen LogP contribution is -2.44. The number of nitrogens with one attached hydrogen (secondary N) is 1. The van der Waals surface area contributed by atoms with Gasteiger partial charge in [0.1, 0.15) is 5.75 Å². The molecule has 41 heavy (non-hydrogen) atoms. The first-order chi connectivity index (χ1) is 19.7. The Kier molecular flexibility index (Phi) is 7.18. The lowest BCUT2D eigenvalue weighted by atomic mass is 9.85. The molecule has 9 heteroatoms. The summed E-state index contributed by atoms with van der Waals surface area (Å²) in [6.45, 7) is 1.74. The first-order valence-corrected chi connectivity index (χ1v) is 14.3. The van der Waals surface area contributed by atoms with Crippen LogP contribution in [0.3, 0.4) is 0 Å². The Labute approximate surface area is 247 Å². The van der Waals surface area contributed by atoms with Crippen molar-refractivity contribution in [3.8, 4) is 17.1 Å². The van der Waals surface area contributed by atoms with Crippen LogP contribution in [0.4, 0.5) is 0 Å². The molecular weight excluding hydrogens is 559 g/mol. The van der Waals surface area contributed by atoms with Crippen LogP contribution in [0.15, 0.2) is 89.7 Å². The maximum absolute atomic E-state index is 14.0. The molecule has 0 radical (unpaired) electrons. The molecule has 3 aromatic carbocycles. The number of hydrogen-bond donors (Lipinski definition) is 1. The van der Waals surface area contributed by atoms with E-state index < -0.39 is 5.60 Å². The van der Waals surface area contributed by atoms with E-state index in [4.69, 9.17) is 27.9 Å². The number of Topliss-reactive ketones (excluding diaryl/α,β-unsaturated/α-hetero) is 1. The molecule has 1 fully saturated rings. The van der Waals surface area contributed by atoms with Gasteiger partial charge in [-0.1, -0.05) is 77.8 Å². The zero-order chi connectivity index (χ0) is 28.6. The zero-order valence-corrected chi connectivity index (χ0v) is 24.0. The predicted octanol–water partition coefficient (Wildman–Crippen LogP) is 6.85. The number of H-pyrrole nitrogens is 1. The highest BCUT2D eigenvalue weighted by Crippen LogP contribution is 2.54. The minimum Gasteiger partial charge on any atom is -0.479 e. The number of carbonyl (C=O) groups is 1. The summed E-state index contributed by atoms with van der Waals surface area (Å²) in [5.41, 5.74) is 0.580. The number of fused-ring (bicyclic) bond motifs is 1. The number of carbonyl (C=O) groups excluding carboxylic acids is 1. The molecule has 0 bridgehead atoms. The zero-order valence-electron chi connectivity index (χ0n) is 22.4. The van der Waals surface area contributed by atoms with Crippen molar-refractivity contribution < 1.29 is 9.53 Å². The lowest BCUT2D eigenvalue weighted by Gasteiger charge is -2.30. The standard InChI is InChI=1S/C32H28Cl2N4O3/c1-31(41-24-11-7-10-22(33)18-24,27(39)14-15-32(16-17-32)25-12-5-6-13-26(25)34)20-23-19-28(40)38-30(35-23)36-29(37-38)21-8-3-2-4-9-21/h2-13,18-19H,14-17,20H2,1H3,(H,35,36,37). The molecule has 1 atom stereocenters. The number of nitrogens with zero attached hydrogens (tertiary/aromatic N) is 3. The van der Waals surface area contributed by atoms with E-state index in [0.717, 1.165) is 29.0 Å². The van der Waals surface area contributed by atoms with Crippen molar-refractivity contribution in [1.82, 2.24) is 19.6 Å². The number of hydrogen-bond acceptors (Lipinski definition) is 5. The molecule has 2 aromatic heterocycles. The van der Waals surface area contributed by atoms with Gasteiger partial charge in [0, 0.05) is 34.5 Å². The number of ketones is 1. The first kappa shape index (κ1) is 27.2. The molecule has 7 nitrogen and oxygen atoms in total. The molecular formula is C32H28Cl2N4O3. The van der Waals surface area contributed by atoms with Gasteiger partial charge in [-0.2, -0.15) is 9.50 Å². The van der Waals surface area contributed by atoms with Crippen molar-refractivity contribution in [2.24, 2.45) is 0 Å². The van der Waals surface area contributed by atoms with Crippen LogP contribution in [0.2, 0.25) is 10.0 Å². The van der Waals surface area contributed by atoms with Gasteiger partial charge in [-0.3, -0.25) is 14.7 Å². The van der Waals surface area contributed by atoms with Crippen LogP contribution >= 0.6 is 23.2 Å². The lowest BCUT2D eigenvalue weighted by molar-refractivity contribution is -0.133. The molecule has 0 amide bonds. The molecule has 5 aromatic rings. The van der Waals surface area contributed by atoms with Crippen molar-refractivity contribution >= 4 is 34.8 Å². The van der Waals surface area contributed by atoms with Gasteiger partial charge in [-0.05, 0) is 61.4 Å². The van der Waals surface area contributed by atoms with E-state index in [1.165, 1.54) is 10.6 Å². The molecule has 2 heterocycles. The molecule has 1 N–H and O–H groups in total. The normalized spacial score (nSPS) is 15.4. The van der Waals surface area contributed by atoms with Crippen LogP contribution in [0.25, 0.3) is 17.2 Å². The first-order valence-electron chi connectivity index (χ1n) is 13.5. The van der Waals surface area contributed by atoms with Crippen LogP contribution in [0.1, 0.15) is 43.9 Å². The summed E-state index contributed by atoms with van der Waals surface area (Å²) in [6, 6.07) is 25.7. The third-order valence-electron chi connectivity index (χ3n) is 7.81. The highest BCUT2D eigenvalue weighted by molar-refractivity contribution is 6.31. The number of aromatic nitrogens is 4. The Hall–Kier alpha value is -3.94. The van der Waals surface area contributed by atoms with E-state index >= 15 is 0 Å². The maximum atomic E-state index is 14.0. The summed E-state index contributed by atoms with van der Waals surface area (Å²) >= 11 is 12.7. The molecule has 1 saturated carbocycles. The SMILES string of the molecule is CC(Cc1cc(=O)n2[nH]c(-c3ccccc3)nc2n1)(Oc1cccc(Cl)c1)C(=O)CCC1(c2ccccc2Cl)CC1. The van der Waals surface area contributed by atoms with E-state index in [9.17, 15) is 9.59 Å². The molecule has 0 spiro atoms. The molecule has 1 unspecified atom stereocenters. The van der Waals surface area contributed by atoms with Gasteiger partial charge in [0.15, 0.2) is 17.2 Å². The fourth-order valence-electron chi connectivity index (χ4n) is 5.38. The number of halogens is 2. The highest BCUT2D eigenvalue weighted by atomic mass is 35.5. The van der Waals surface area contributed by atoms with Gasteiger partial charge in [-0.25, -0.2) is 4.98 Å². The number of ether oxygens (including phenoxy) is 1. The second-order valence-corrected chi connectivity index (χ2v) is 11.7. The highest BCUT2D eigenvalue weighted by Gasteiger charge is 2.47. The summed E-state index contributed by atoms with van der Waals surface area (Å²) in [7, 11) is 0. The van der Waals surface area contributed by atoms with E-state index in [1.807, 2.05) is 54.6 Å². The van der Waals surface area contributed by atoms with Crippen LogP contribution < -0.4 is 10.3 Å². The predicted molar refractivity (Wildman–Crippen MR) is 160 cm³/mol. The quantitative estimate of drug-likeness (QED) is 0.193. The largest absolute Gasteiger partial charge is 0.479 e. The van der Waals surface area contributed by atoms with Crippen molar-refractivity contribution in [2.75, 3.05) is 0 Å².